The maximum Gasteiger partial charge on any atom is 0.149 e. The van der Waals surface area contributed by atoms with E-state index in [1.807, 2.05) is 0 Å². The van der Waals surface area contributed by atoms with Crippen LogP contribution >= 0.6 is 11.6 Å². The Labute approximate surface area is 118 Å². The minimum absolute atomic E-state index is 0.201. The molecule has 0 heterocycles. The Bertz CT molecular complexity index is 516. The van der Waals surface area contributed by atoms with E-state index in [4.69, 9.17) is 25.8 Å². The van der Waals surface area contributed by atoms with E-state index < -0.39 is 15.2 Å². The molecule has 0 aliphatic rings. The van der Waals surface area contributed by atoms with Gasteiger partial charge in [-0.15, -0.1) is 11.6 Å². The molecule has 7 heteroatoms. The van der Waals surface area contributed by atoms with Gasteiger partial charge in [0.05, 0.1) is 38.0 Å². The van der Waals surface area contributed by atoms with Crippen LogP contribution in [0.3, 0.4) is 0 Å². The van der Waals surface area contributed by atoms with Crippen LogP contribution in [0.1, 0.15) is 10.9 Å². The van der Waals surface area contributed by atoms with Crippen LogP contribution in [0.4, 0.5) is 0 Å². The average molecular weight is 309 g/mol. The fourth-order valence-corrected chi connectivity index (χ4v) is 3.29. The zero-order valence-electron chi connectivity index (χ0n) is 11.3. The van der Waals surface area contributed by atoms with Crippen molar-refractivity contribution in [2.75, 3.05) is 33.3 Å². The number of sulfone groups is 1. The standard InChI is InChI=1S/C12H17ClO5S/c1-16-8-5-10(17-2)12(11(6-8)18-3)9(13)7-19(4,14)15/h5-6,9H,7H2,1-4H3. The molecule has 1 unspecified atom stereocenters. The number of rotatable bonds is 6. The first kappa shape index (κ1) is 15.9. The van der Waals surface area contributed by atoms with Gasteiger partial charge in [-0.3, -0.25) is 0 Å². The first-order valence-electron chi connectivity index (χ1n) is 5.44. The van der Waals surface area contributed by atoms with E-state index in [0.29, 0.717) is 22.8 Å². The highest BCUT2D eigenvalue weighted by Crippen LogP contribution is 2.41. The molecule has 0 aliphatic carbocycles. The first-order valence-corrected chi connectivity index (χ1v) is 7.93. The van der Waals surface area contributed by atoms with Crippen LogP contribution in [-0.4, -0.2) is 41.8 Å². The molecular weight excluding hydrogens is 292 g/mol. The lowest BCUT2D eigenvalue weighted by Gasteiger charge is -2.18. The van der Waals surface area contributed by atoms with Gasteiger partial charge in [0.1, 0.15) is 27.1 Å². The van der Waals surface area contributed by atoms with Crippen molar-refractivity contribution in [3.63, 3.8) is 0 Å². The molecule has 1 aromatic carbocycles. The normalized spacial score (nSPS) is 12.9. The van der Waals surface area contributed by atoms with Gasteiger partial charge in [-0.05, 0) is 0 Å². The fraction of sp³-hybridized carbons (Fsp3) is 0.500. The third kappa shape index (κ3) is 4.18. The molecule has 1 atom stereocenters. The smallest absolute Gasteiger partial charge is 0.149 e. The molecule has 0 aromatic heterocycles. The van der Waals surface area contributed by atoms with Crippen molar-refractivity contribution >= 4 is 21.4 Å². The number of benzene rings is 1. The predicted molar refractivity (Wildman–Crippen MR) is 74.4 cm³/mol. The van der Waals surface area contributed by atoms with Crippen molar-refractivity contribution in [3.8, 4) is 17.2 Å². The van der Waals surface area contributed by atoms with Crippen molar-refractivity contribution in [1.29, 1.82) is 0 Å². The van der Waals surface area contributed by atoms with Crippen LogP contribution in [0.2, 0.25) is 0 Å². The van der Waals surface area contributed by atoms with E-state index >= 15 is 0 Å². The second kappa shape index (κ2) is 6.34. The second-order valence-corrected chi connectivity index (χ2v) is 6.72. The molecule has 0 saturated carbocycles. The Hall–Kier alpha value is -1.14. The molecule has 1 rings (SSSR count). The van der Waals surface area contributed by atoms with Crippen LogP contribution in [0.15, 0.2) is 12.1 Å². The molecule has 108 valence electrons. The maximum absolute atomic E-state index is 11.3. The lowest BCUT2D eigenvalue weighted by atomic mass is 10.1. The number of ether oxygens (including phenoxy) is 3. The van der Waals surface area contributed by atoms with Gasteiger partial charge >= 0.3 is 0 Å². The highest BCUT2D eigenvalue weighted by atomic mass is 35.5. The monoisotopic (exact) mass is 308 g/mol. The molecule has 19 heavy (non-hydrogen) atoms. The Morgan fingerprint density at radius 2 is 1.58 bits per heavy atom. The highest BCUT2D eigenvalue weighted by Gasteiger charge is 2.24. The Balaban J connectivity index is 3.31. The SMILES string of the molecule is COc1cc(OC)c(C(Cl)CS(C)(=O)=O)c(OC)c1. The molecule has 0 aliphatic heterocycles. The molecule has 0 N–H and O–H groups in total. The Morgan fingerprint density at radius 1 is 1.11 bits per heavy atom. The number of hydrogen-bond acceptors (Lipinski definition) is 5. The molecule has 0 amide bonds. The third-order valence-electron chi connectivity index (χ3n) is 2.52. The van der Waals surface area contributed by atoms with Crippen LogP contribution in [0.5, 0.6) is 17.2 Å². The van der Waals surface area contributed by atoms with Crippen molar-refractivity contribution < 1.29 is 22.6 Å². The van der Waals surface area contributed by atoms with E-state index in [0.717, 1.165) is 6.26 Å². The highest BCUT2D eigenvalue weighted by molar-refractivity contribution is 7.90. The fourth-order valence-electron chi connectivity index (χ4n) is 1.69. The number of methoxy groups -OCH3 is 3. The first-order chi connectivity index (χ1) is 8.82. The minimum atomic E-state index is -3.21. The van der Waals surface area contributed by atoms with E-state index in [1.165, 1.54) is 21.3 Å². The molecule has 0 spiro atoms. The van der Waals surface area contributed by atoms with Crippen LogP contribution in [-0.2, 0) is 9.84 Å². The van der Waals surface area contributed by atoms with Crippen LogP contribution < -0.4 is 14.2 Å². The number of alkyl halides is 1. The lowest BCUT2D eigenvalue weighted by Crippen LogP contribution is -2.11. The van der Waals surface area contributed by atoms with E-state index in [1.54, 1.807) is 12.1 Å². The summed E-state index contributed by atoms with van der Waals surface area (Å²) in [6.07, 6.45) is 1.13. The van der Waals surface area contributed by atoms with Gasteiger partial charge in [-0.2, -0.15) is 0 Å². The van der Waals surface area contributed by atoms with Crippen molar-refractivity contribution in [2.45, 2.75) is 5.38 Å². The molecule has 0 bridgehead atoms. The molecule has 1 aromatic rings. The zero-order valence-corrected chi connectivity index (χ0v) is 12.8. The summed E-state index contributed by atoms with van der Waals surface area (Å²) in [4.78, 5) is 0. The second-order valence-electron chi connectivity index (χ2n) is 4.01. The zero-order chi connectivity index (χ0) is 14.6. The molecule has 0 saturated heterocycles. The lowest BCUT2D eigenvalue weighted by molar-refractivity contribution is 0.369. The molecule has 0 radical (unpaired) electrons. The van der Waals surface area contributed by atoms with Gasteiger partial charge in [-0.25, -0.2) is 8.42 Å². The number of halogens is 1. The van der Waals surface area contributed by atoms with Crippen LogP contribution in [0, 0.1) is 0 Å². The summed E-state index contributed by atoms with van der Waals surface area (Å²) in [5, 5.41) is -0.759. The van der Waals surface area contributed by atoms with Gasteiger partial charge < -0.3 is 14.2 Å². The van der Waals surface area contributed by atoms with E-state index in [9.17, 15) is 8.42 Å². The molecule has 5 nitrogen and oxygen atoms in total. The third-order valence-corrected chi connectivity index (χ3v) is 4.01. The summed E-state index contributed by atoms with van der Waals surface area (Å²) in [6.45, 7) is 0. The molecular formula is C12H17ClO5S. The van der Waals surface area contributed by atoms with E-state index in [-0.39, 0.29) is 5.75 Å². The van der Waals surface area contributed by atoms with Gasteiger partial charge in [0.15, 0.2) is 0 Å². The topological polar surface area (TPSA) is 61.8 Å². The Morgan fingerprint density at radius 3 is 1.89 bits per heavy atom. The van der Waals surface area contributed by atoms with Crippen molar-refractivity contribution in [2.24, 2.45) is 0 Å². The van der Waals surface area contributed by atoms with Gasteiger partial charge in [0.25, 0.3) is 0 Å². The number of hydrogen-bond donors (Lipinski definition) is 0. The summed E-state index contributed by atoms with van der Waals surface area (Å²) >= 11 is 6.17. The average Bonchev–Trinajstić information content (AvgIpc) is 2.34. The van der Waals surface area contributed by atoms with Gasteiger partial charge in [0, 0.05) is 18.4 Å². The van der Waals surface area contributed by atoms with Crippen molar-refractivity contribution in [1.82, 2.24) is 0 Å². The van der Waals surface area contributed by atoms with Gasteiger partial charge in [-0.1, -0.05) is 0 Å². The molecule has 0 fully saturated rings. The quantitative estimate of drug-likeness (QED) is 0.753. The largest absolute Gasteiger partial charge is 0.496 e. The summed E-state index contributed by atoms with van der Waals surface area (Å²) in [7, 11) is 1.25. The Kier molecular flexibility index (Phi) is 5.31. The summed E-state index contributed by atoms with van der Waals surface area (Å²) in [5.74, 6) is 1.20. The summed E-state index contributed by atoms with van der Waals surface area (Å²) < 4.78 is 38.3. The summed E-state index contributed by atoms with van der Waals surface area (Å²) in [6, 6.07) is 3.27. The van der Waals surface area contributed by atoms with Crippen molar-refractivity contribution in [3.05, 3.63) is 17.7 Å². The predicted octanol–water partition coefficient (Wildman–Crippen LogP) is 2.04. The van der Waals surface area contributed by atoms with Gasteiger partial charge in [0.2, 0.25) is 0 Å². The van der Waals surface area contributed by atoms with Crippen LogP contribution in [0.25, 0.3) is 0 Å². The minimum Gasteiger partial charge on any atom is -0.496 e. The van der Waals surface area contributed by atoms with E-state index in [2.05, 4.69) is 0 Å². The summed E-state index contributed by atoms with van der Waals surface area (Å²) in [5.41, 5.74) is 0.498. The maximum atomic E-state index is 11.3.